The Morgan fingerprint density at radius 1 is 1.07 bits per heavy atom. The minimum Gasteiger partial charge on any atom is -0.382 e. The second-order valence-electron chi connectivity index (χ2n) is 6.06. The molecule has 0 aliphatic rings. The molecule has 0 aliphatic carbocycles. The van der Waals surface area contributed by atoms with E-state index < -0.39 is 0 Å². The third kappa shape index (κ3) is 11.9. The van der Waals surface area contributed by atoms with Crippen LogP contribution in [0.5, 0.6) is 0 Å². The number of hydrogen-bond donors (Lipinski definition) is 1. The summed E-state index contributed by atoms with van der Waals surface area (Å²) in [4.78, 5) is 14.3. The molecule has 0 atom stereocenters. The van der Waals surface area contributed by atoms with Crippen molar-refractivity contribution in [2.45, 2.75) is 51.9 Å². The zero-order valence-electron chi connectivity index (χ0n) is 17.0. The number of amidine groups is 1. The number of unbranched alkanes of at least 4 members (excludes halogenated alkanes) is 5. The Kier molecular flexibility index (Phi) is 17.3. The standard InChI is InChI=1S/C19H36BrN5O2/c1-5-6-14-27-15-24-18(21)17(22-2)19(23-3)25(16-26-4)13-11-9-7-8-10-12-20/h2-3,5-16H2,1,4H3,(H2,21,24)/b19-17-. The molecule has 27 heavy (non-hydrogen) atoms. The van der Waals surface area contributed by atoms with Gasteiger partial charge in [0.2, 0.25) is 0 Å². The van der Waals surface area contributed by atoms with Crippen molar-refractivity contribution in [2.75, 3.05) is 39.1 Å². The first-order valence-corrected chi connectivity index (χ1v) is 10.6. The van der Waals surface area contributed by atoms with Crippen molar-refractivity contribution in [3.63, 3.8) is 0 Å². The fraction of sp³-hybridized carbons (Fsp3) is 0.737. The van der Waals surface area contributed by atoms with Crippen molar-refractivity contribution in [2.24, 2.45) is 20.7 Å². The second kappa shape index (κ2) is 18.1. The summed E-state index contributed by atoms with van der Waals surface area (Å²) >= 11 is 3.46. The number of nitrogens with two attached hydrogens (primary N) is 1. The van der Waals surface area contributed by atoms with E-state index in [2.05, 4.69) is 51.3 Å². The average molecular weight is 446 g/mol. The summed E-state index contributed by atoms with van der Waals surface area (Å²) in [5.74, 6) is 0.768. The summed E-state index contributed by atoms with van der Waals surface area (Å²) < 4.78 is 10.7. The SMILES string of the molecule is C=NC(=C(/N=C)N(CCCCCCCBr)COC)/C(N)=N\COCCCC. The lowest BCUT2D eigenvalue weighted by molar-refractivity contribution is 0.0844. The molecule has 0 saturated carbocycles. The third-order valence-corrected chi connectivity index (χ3v) is 4.44. The van der Waals surface area contributed by atoms with Crippen molar-refractivity contribution in [1.82, 2.24) is 4.90 Å². The summed E-state index contributed by atoms with van der Waals surface area (Å²) in [5.41, 5.74) is 6.49. The van der Waals surface area contributed by atoms with Gasteiger partial charge in [0.25, 0.3) is 0 Å². The van der Waals surface area contributed by atoms with Crippen LogP contribution in [0.25, 0.3) is 0 Å². The van der Waals surface area contributed by atoms with Gasteiger partial charge < -0.3 is 20.1 Å². The van der Waals surface area contributed by atoms with Gasteiger partial charge in [0.05, 0.1) is 0 Å². The van der Waals surface area contributed by atoms with Crippen molar-refractivity contribution < 1.29 is 9.47 Å². The van der Waals surface area contributed by atoms with Crippen LogP contribution >= 0.6 is 15.9 Å². The van der Waals surface area contributed by atoms with E-state index in [-0.39, 0.29) is 12.6 Å². The Hall–Kier alpha value is -1.25. The van der Waals surface area contributed by atoms with Gasteiger partial charge in [0.1, 0.15) is 19.2 Å². The van der Waals surface area contributed by atoms with Crippen molar-refractivity contribution in [1.29, 1.82) is 0 Å². The smallest absolute Gasteiger partial charge is 0.159 e. The topological polar surface area (TPSA) is 84.8 Å². The molecule has 8 heteroatoms. The molecular weight excluding hydrogens is 410 g/mol. The lowest BCUT2D eigenvalue weighted by Gasteiger charge is -2.25. The van der Waals surface area contributed by atoms with E-state index in [9.17, 15) is 0 Å². The molecule has 0 aromatic rings. The molecule has 0 amide bonds. The fourth-order valence-corrected chi connectivity index (χ4v) is 2.80. The zero-order valence-corrected chi connectivity index (χ0v) is 18.5. The van der Waals surface area contributed by atoms with Crippen molar-refractivity contribution in [3.05, 3.63) is 11.5 Å². The van der Waals surface area contributed by atoms with Crippen molar-refractivity contribution in [3.8, 4) is 0 Å². The zero-order chi connectivity index (χ0) is 20.3. The summed E-state index contributed by atoms with van der Waals surface area (Å²) in [5, 5.41) is 1.06. The lowest BCUT2D eigenvalue weighted by Crippen LogP contribution is -2.29. The van der Waals surface area contributed by atoms with E-state index in [0.717, 1.165) is 37.6 Å². The maximum atomic E-state index is 6.08. The number of methoxy groups -OCH3 is 1. The first kappa shape index (κ1) is 25.8. The average Bonchev–Trinajstić information content (AvgIpc) is 2.67. The van der Waals surface area contributed by atoms with Gasteiger partial charge in [-0.15, -0.1) is 0 Å². The van der Waals surface area contributed by atoms with E-state index in [1.807, 2.05) is 4.90 Å². The van der Waals surface area contributed by atoms with Gasteiger partial charge in [-0.25, -0.2) is 9.98 Å². The summed E-state index contributed by atoms with van der Waals surface area (Å²) in [7, 11) is 1.64. The second-order valence-corrected chi connectivity index (χ2v) is 6.85. The molecule has 0 heterocycles. The van der Waals surface area contributed by atoms with Gasteiger partial charge >= 0.3 is 0 Å². The molecule has 2 N–H and O–H groups in total. The number of aliphatic imine (C=N–C) groups is 3. The number of rotatable bonds is 18. The van der Waals surface area contributed by atoms with Gasteiger partial charge in [0.15, 0.2) is 11.7 Å². The Morgan fingerprint density at radius 2 is 1.78 bits per heavy atom. The van der Waals surface area contributed by atoms with Crippen LogP contribution in [0.1, 0.15) is 51.9 Å². The molecule has 0 radical (unpaired) electrons. The third-order valence-electron chi connectivity index (χ3n) is 3.88. The minimum atomic E-state index is 0.188. The van der Waals surface area contributed by atoms with Crippen LogP contribution in [0.3, 0.4) is 0 Å². The molecule has 0 spiro atoms. The van der Waals surface area contributed by atoms with Crippen LogP contribution in [0, 0.1) is 0 Å². The van der Waals surface area contributed by atoms with Gasteiger partial charge in [-0.1, -0.05) is 48.5 Å². The molecule has 0 fully saturated rings. The fourth-order valence-electron chi connectivity index (χ4n) is 2.41. The normalized spacial score (nSPS) is 12.6. The first-order valence-electron chi connectivity index (χ1n) is 9.51. The molecule has 0 saturated heterocycles. The highest BCUT2D eigenvalue weighted by Gasteiger charge is 2.16. The molecular formula is C19H36BrN5O2. The van der Waals surface area contributed by atoms with Gasteiger partial charge in [0, 0.05) is 25.6 Å². The van der Waals surface area contributed by atoms with Gasteiger partial charge in [-0.05, 0) is 32.7 Å². The number of ether oxygens (including phenoxy) is 2. The van der Waals surface area contributed by atoms with Crippen LogP contribution in [0.15, 0.2) is 26.5 Å². The maximum absolute atomic E-state index is 6.08. The predicted molar refractivity (Wildman–Crippen MR) is 119 cm³/mol. The predicted octanol–water partition coefficient (Wildman–Crippen LogP) is 3.94. The number of hydrogen-bond acceptors (Lipinski definition) is 6. The Labute approximate surface area is 172 Å². The quantitative estimate of drug-likeness (QED) is 0.114. The van der Waals surface area contributed by atoms with Crippen LogP contribution in [-0.4, -0.2) is 63.2 Å². The lowest BCUT2D eigenvalue weighted by atomic mass is 10.1. The van der Waals surface area contributed by atoms with Crippen LogP contribution in [0.2, 0.25) is 0 Å². The molecule has 0 aromatic carbocycles. The summed E-state index contributed by atoms with van der Waals surface area (Å²) in [6, 6.07) is 0. The Balaban J connectivity index is 4.97. The first-order chi connectivity index (χ1) is 13.2. The van der Waals surface area contributed by atoms with E-state index in [4.69, 9.17) is 15.2 Å². The molecule has 156 valence electrons. The number of nitrogens with zero attached hydrogens (tertiary/aromatic N) is 4. The monoisotopic (exact) mass is 445 g/mol. The Bertz CT molecular complexity index is 469. The molecule has 0 unspecified atom stereocenters. The Morgan fingerprint density at radius 3 is 2.37 bits per heavy atom. The van der Waals surface area contributed by atoms with Crippen LogP contribution < -0.4 is 5.73 Å². The summed E-state index contributed by atoms with van der Waals surface area (Å²) in [6.07, 6.45) is 7.88. The molecule has 7 nitrogen and oxygen atoms in total. The van der Waals surface area contributed by atoms with E-state index in [1.165, 1.54) is 19.3 Å². The molecule has 0 aliphatic heterocycles. The largest absolute Gasteiger partial charge is 0.382 e. The van der Waals surface area contributed by atoms with Crippen molar-refractivity contribution >= 4 is 35.2 Å². The molecule has 0 rings (SSSR count). The maximum Gasteiger partial charge on any atom is 0.159 e. The van der Waals surface area contributed by atoms with Crippen LogP contribution in [-0.2, 0) is 9.47 Å². The minimum absolute atomic E-state index is 0.188. The summed E-state index contributed by atoms with van der Waals surface area (Å²) in [6.45, 7) is 11.4. The van der Waals surface area contributed by atoms with E-state index in [0.29, 0.717) is 24.9 Å². The number of alkyl halides is 1. The van der Waals surface area contributed by atoms with Gasteiger partial charge in [-0.2, -0.15) is 0 Å². The molecule has 0 aromatic heterocycles. The van der Waals surface area contributed by atoms with Crippen LogP contribution in [0.4, 0.5) is 0 Å². The molecule has 0 bridgehead atoms. The highest BCUT2D eigenvalue weighted by Crippen LogP contribution is 2.15. The van der Waals surface area contributed by atoms with Gasteiger partial charge in [-0.3, -0.25) is 4.99 Å². The number of halogens is 1. The van der Waals surface area contributed by atoms with E-state index >= 15 is 0 Å². The highest BCUT2D eigenvalue weighted by molar-refractivity contribution is 9.09. The van der Waals surface area contributed by atoms with E-state index in [1.54, 1.807) is 7.11 Å². The highest BCUT2D eigenvalue weighted by atomic mass is 79.9.